The second kappa shape index (κ2) is 9.61. The summed E-state index contributed by atoms with van der Waals surface area (Å²) in [4.78, 5) is 28.9. The third kappa shape index (κ3) is 5.95. The van der Waals surface area contributed by atoms with E-state index < -0.39 is 11.7 Å². The molecule has 160 valence electrons. The van der Waals surface area contributed by atoms with E-state index in [9.17, 15) is 22.8 Å². The largest absolute Gasteiger partial charge is 0.416 e. The topological polar surface area (TPSA) is 52.7 Å². The van der Waals surface area contributed by atoms with Crippen LogP contribution in [0.2, 0.25) is 0 Å². The third-order valence-electron chi connectivity index (χ3n) is 5.79. The zero-order valence-electron chi connectivity index (χ0n) is 16.5. The summed E-state index contributed by atoms with van der Waals surface area (Å²) in [5, 5.41) is 3.01. The maximum atomic E-state index is 12.7. The Bertz CT molecular complexity index is 692. The summed E-state index contributed by atoms with van der Waals surface area (Å²) in [5.41, 5.74) is -0.531. The summed E-state index contributed by atoms with van der Waals surface area (Å²) < 4.78 is 38.0. The van der Waals surface area contributed by atoms with Gasteiger partial charge in [0.15, 0.2) is 0 Å². The molecule has 2 aliphatic rings. The molecular formula is C21H28F3N3O2. The first kappa shape index (κ1) is 21.6. The van der Waals surface area contributed by atoms with Gasteiger partial charge in [0.25, 0.3) is 5.91 Å². The molecule has 0 spiro atoms. The van der Waals surface area contributed by atoms with Gasteiger partial charge in [-0.15, -0.1) is 0 Å². The average Bonchev–Trinajstić information content (AvgIpc) is 2.73. The molecular weight excluding hydrogens is 383 g/mol. The van der Waals surface area contributed by atoms with E-state index in [4.69, 9.17) is 0 Å². The van der Waals surface area contributed by atoms with Crippen molar-refractivity contribution in [2.24, 2.45) is 5.92 Å². The molecule has 2 aliphatic heterocycles. The van der Waals surface area contributed by atoms with Gasteiger partial charge in [0.1, 0.15) is 0 Å². The van der Waals surface area contributed by atoms with E-state index in [1.807, 2.05) is 0 Å². The van der Waals surface area contributed by atoms with Gasteiger partial charge in [-0.2, -0.15) is 13.2 Å². The van der Waals surface area contributed by atoms with Gasteiger partial charge in [0.2, 0.25) is 5.91 Å². The van der Waals surface area contributed by atoms with Crippen molar-refractivity contribution < 1.29 is 22.8 Å². The van der Waals surface area contributed by atoms with Gasteiger partial charge in [0.05, 0.1) is 5.56 Å². The van der Waals surface area contributed by atoms with Crippen LogP contribution in [0.25, 0.3) is 0 Å². The predicted octanol–water partition coefficient (Wildman–Crippen LogP) is 3.16. The number of alkyl halides is 3. The zero-order valence-corrected chi connectivity index (χ0v) is 16.5. The van der Waals surface area contributed by atoms with Gasteiger partial charge in [-0.05, 0) is 63.0 Å². The minimum atomic E-state index is -4.42. The first-order valence-electron chi connectivity index (χ1n) is 10.3. The van der Waals surface area contributed by atoms with E-state index >= 15 is 0 Å². The van der Waals surface area contributed by atoms with Crippen molar-refractivity contribution in [2.45, 2.75) is 38.3 Å². The van der Waals surface area contributed by atoms with Crippen molar-refractivity contribution in [3.05, 3.63) is 35.4 Å². The molecule has 1 N–H and O–H groups in total. The molecule has 0 bridgehead atoms. The summed E-state index contributed by atoms with van der Waals surface area (Å²) in [5.74, 6) is -0.376. The number of hydrogen-bond donors (Lipinski definition) is 1. The minimum Gasteiger partial charge on any atom is -0.355 e. The van der Waals surface area contributed by atoms with Gasteiger partial charge in [0, 0.05) is 37.7 Å². The average molecular weight is 411 g/mol. The summed E-state index contributed by atoms with van der Waals surface area (Å²) in [6, 6.07) is 4.28. The number of nitrogens with one attached hydrogen (secondary N) is 1. The van der Waals surface area contributed by atoms with Crippen molar-refractivity contribution in [2.75, 3.05) is 39.3 Å². The Kier molecular flexibility index (Phi) is 7.16. The van der Waals surface area contributed by atoms with Crippen LogP contribution in [-0.4, -0.2) is 60.9 Å². The molecule has 1 aromatic rings. The lowest BCUT2D eigenvalue weighted by atomic mass is 9.95. The Morgan fingerprint density at radius 3 is 2.17 bits per heavy atom. The Labute approximate surface area is 169 Å². The maximum Gasteiger partial charge on any atom is 0.416 e. The van der Waals surface area contributed by atoms with E-state index in [1.165, 1.54) is 31.4 Å². The number of amides is 2. The quantitative estimate of drug-likeness (QED) is 0.810. The van der Waals surface area contributed by atoms with Crippen LogP contribution in [0, 0.1) is 5.92 Å². The highest BCUT2D eigenvalue weighted by atomic mass is 19.4. The number of nitrogens with zero attached hydrogens (tertiary/aromatic N) is 2. The van der Waals surface area contributed by atoms with Crippen LogP contribution in [0.3, 0.4) is 0 Å². The second-order valence-corrected chi connectivity index (χ2v) is 7.83. The number of halogens is 3. The number of carbonyl (C=O) groups is 2. The smallest absolute Gasteiger partial charge is 0.355 e. The molecule has 0 saturated carbocycles. The molecule has 29 heavy (non-hydrogen) atoms. The minimum absolute atomic E-state index is 0.0311. The second-order valence-electron chi connectivity index (χ2n) is 7.83. The standard InChI is InChI=1S/C21H28F3N3O2/c22-21(23,24)18-6-4-17(5-7-18)20(29)27-13-8-16(9-14-27)19(28)25-10-15-26-11-2-1-3-12-26/h4-7,16H,1-3,8-15H2,(H,25,28). The van der Waals surface area contributed by atoms with Crippen molar-refractivity contribution in [3.63, 3.8) is 0 Å². The van der Waals surface area contributed by atoms with E-state index in [0.717, 1.165) is 31.8 Å². The summed E-state index contributed by atoms with van der Waals surface area (Å²) in [7, 11) is 0. The van der Waals surface area contributed by atoms with Crippen LogP contribution in [0.1, 0.15) is 48.0 Å². The lowest BCUT2D eigenvalue weighted by Crippen LogP contribution is -2.44. The molecule has 5 nitrogen and oxygen atoms in total. The normalized spacial score (nSPS) is 19.2. The van der Waals surface area contributed by atoms with E-state index in [1.54, 1.807) is 4.90 Å². The molecule has 2 amide bonds. The Balaban J connectivity index is 1.42. The lowest BCUT2D eigenvalue weighted by molar-refractivity contribution is -0.137. The van der Waals surface area contributed by atoms with Crippen LogP contribution in [-0.2, 0) is 11.0 Å². The molecule has 2 heterocycles. The molecule has 0 atom stereocenters. The highest BCUT2D eigenvalue weighted by molar-refractivity contribution is 5.94. The van der Waals surface area contributed by atoms with E-state index in [-0.39, 0.29) is 23.3 Å². The van der Waals surface area contributed by atoms with E-state index in [0.29, 0.717) is 32.5 Å². The number of piperidine rings is 2. The predicted molar refractivity (Wildman–Crippen MR) is 103 cm³/mol. The first-order chi connectivity index (χ1) is 13.8. The number of hydrogen-bond acceptors (Lipinski definition) is 3. The van der Waals surface area contributed by atoms with Crippen LogP contribution < -0.4 is 5.32 Å². The van der Waals surface area contributed by atoms with Crippen LogP contribution in [0.15, 0.2) is 24.3 Å². The van der Waals surface area contributed by atoms with Gasteiger partial charge < -0.3 is 15.1 Å². The van der Waals surface area contributed by atoms with Gasteiger partial charge >= 0.3 is 6.18 Å². The molecule has 0 unspecified atom stereocenters. The van der Waals surface area contributed by atoms with Gasteiger partial charge in [-0.3, -0.25) is 9.59 Å². The first-order valence-corrected chi connectivity index (χ1v) is 10.3. The van der Waals surface area contributed by atoms with E-state index in [2.05, 4.69) is 10.2 Å². The van der Waals surface area contributed by atoms with Crippen molar-refractivity contribution >= 4 is 11.8 Å². The van der Waals surface area contributed by atoms with Crippen LogP contribution in [0.5, 0.6) is 0 Å². The van der Waals surface area contributed by atoms with Crippen LogP contribution >= 0.6 is 0 Å². The molecule has 0 radical (unpaired) electrons. The highest BCUT2D eigenvalue weighted by Crippen LogP contribution is 2.29. The monoisotopic (exact) mass is 411 g/mol. The molecule has 0 aromatic heterocycles. The lowest BCUT2D eigenvalue weighted by Gasteiger charge is -2.32. The molecule has 2 saturated heterocycles. The molecule has 0 aliphatic carbocycles. The number of likely N-dealkylation sites (tertiary alicyclic amines) is 2. The van der Waals surface area contributed by atoms with Gasteiger partial charge in [-0.25, -0.2) is 0 Å². The summed E-state index contributed by atoms with van der Waals surface area (Å²) >= 11 is 0. The van der Waals surface area contributed by atoms with Crippen molar-refractivity contribution in [1.29, 1.82) is 0 Å². The Morgan fingerprint density at radius 2 is 1.59 bits per heavy atom. The molecule has 3 rings (SSSR count). The van der Waals surface area contributed by atoms with Crippen LogP contribution in [0.4, 0.5) is 13.2 Å². The zero-order chi connectivity index (χ0) is 20.9. The fourth-order valence-electron chi connectivity index (χ4n) is 3.99. The third-order valence-corrected chi connectivity index (χ3v) is 5.79. The maximum absolute atomic E-state index is 12.7. The number of carbonyl (C=O) groups excluding carboxylic acids is 2. The number of benzene rings is 1. The fourth-order valence-corrected chi connectivity index (χ4v) is 3.99. The molecule has 8 heteroatoms. The number of rotatable bonds is 5. The Hall–Kier alpha value is -2.09. The molecule has 2 fully saturated rings. The van der Waals surface area contributed by atoms with Gasteiger partial charge in [-0.1, -0.05) is 6.42 Å². The SMILES string of the molecule is O=C(NCCN1CCCCC1)C1CCN(C(=O)c2ccc(C(F)(F)F)cc2)CC1. The van der Waals surface area contributed by atoms with Crippen molar-refractivity contribution in [1.82, 2.24) is 15.1 Å². The fraction of sp³-hybridized carbons (Fsp3) is 0.619. The Morgan fingerprint density at radius 1 is 0.966 bits per heavy atom. The van der Waals surface area contributed by atoms with Crippen molar-refractivity contribution in [3.8, 4) is 0 Å². The summed E-state index contributed by atoms with van der Waals surface area (Å²) in [6.45, 7) is 4.58. The highest BCUT2D eigenvalue weighted by Gasteiger charge is 2.31. The molecule has 1 aromatic carbocycles. The summed E-state index contributed by atoms with van der Waals surface area (Å²) in [6.07, 6.45) is 0.455.